The number of aromatic nitrogens is 2. The maximum Gasteiger partial charge on any atom is 0.252 e. The number of sulfonamides is 1. The summed E-state index contributed by atoms with van der Waals surface area (Å²) < 4.78 is 55.9. The highest BCUT2D eigenvalue weighted by atomic mass is 32.2. The van der Waals surface area contributed by atoms with Crippen molar-refractivity contribution in [3.05, 3.63) is 41.8 Å². The van der Waals surface area contributed by atoms with Crippen LogP contribution in [0.5, 0.6) is 0 Å². The molecule has 2 heterocycles. The van der Waals surface area contributed by atoms with Gasteiger partial charge in [0.15, 0.2) is 5.82 Å². The monoisotopic (exact) mass is 399 g/mol. The van der Waals surface area contributed by atoms with Crippen molar-refractivity contribution in [3.8, 4) is 0 Å². The Bertz CT molecular complexity index is 858. The van der Waals surface area contributed by atoms with Crippen LogP contribution >= 0.6 is 0 Å². The van der Waals surface area contributed by atoms with Crippen molar-refractivity contribution in [1.29, 1.82) is 0 Å². The molecule has 0 N–H and O–H groups in total. The predicted octanol–water partition coefficient (Wildman–Crippen LogP) is 1.77. The van der Waals surface area contributed by atoms with Crippen LogP contribution in [0.1, 0.15) is 24.6 Å². The number of benzene rings is 1. The van der Waals surface area contributed by atoms with E-state index >= 15 is 0 Å². The van der Waals surface area contributed by atoms with Crippen LogP contribution in [0.4, 0.5) is 4.39 Å². The summed E-state index contributed by atoms with van der Waals surface area (Å²) >= 11 is 0. The molecule has 1 aromatic heterocycles. The van der Waals surface area contributed by atoms with Crippen LogP contribution in [0.15, 0.2) is 33.7 Å². The second-order valence-electron chi connectivity index (χ2n) is 6.24. The van der Waals surface area contributed by atoms with Crippen LogP contribution in [0.25, 0.3) is 0 Å². The molecule has 1 atom stereocenters. The molecule has 1 saturated heterocycles. The minimum atomic E-state index is -3.74. The van der Waals surface area contributed by atoms with Crippen molar-refractivity contribution in [2.45, 2.75) is 36.9 Å². The fraction of sp³-hybridized carbons (Fsp3) is 0.529. The van der Waals surface area contributed by atoms with Crippen LogP contribution in [-0.4, -0.2) is 55.8 Å². The molecular weight excluding hydrogens is 377 g/mol. The van der Waals surface area contributed by atoms with Crippen molar-refractivity contribution in [2.24, 2.45) is 0 Å². The fourth-order valence-electron chi connectivity index (χ4n) is 2.93. The zero-order valence-corrected chi connectivity index (χ0v) is 15.8. The van der Waals surface area contributed by atoms with Crippen LogP contribution in [0, 0.1) is 5.82 Å². The summed E-state index contributed by atoms with van der Waals surface area (Å²) in [5.74, 6) is 0.341. The van der Waals surface area contributed by atoms with Gasteiger partial charge < -0.3 is 14.0 Å². The molecule has 1 aromatic carbocycles. The summed E-state index contributed by atoms with van der Waals surface area (Å²) in [4.78, 5) is 4.12. The number of hydrogen-bond acceptors (Lipinski definition) is 7. The van der Waals surface area contributed by atoms with Gasteiger partial charge in [0.25, 0.3) is 5.89 Å². The van der Waals surface area contributed by atoms with Gasteiger partial charge in [-0.3, -0.25) is 0 Å². The lowest BCUT2D eigenvalue weighted by Crippen LogP contribution is -2.43. The molecule has 0 aliphatic carbocycles. The smallest absolute Gasteiger partial charge is 0.252 e. The van der Waals surface area contributed by atoms with Gasteiger partial charge >= 0.3 is 0 Å². The molecule has 0 saturated carbocycles. The largest absolute Gasteiger partial charge is 0.376 e. The number of methoxy groups -OCH3 is 1. The summed E-state index contributed by atoms with van der Waals surface area (Å²) in [5.41, 5.74) is 0. The molecule has 8 nitrogen and oxygen atoms in total. The number of piperidine rings is 1. The van der Waals surface area contributed by atoms with E-state index in [9.17, 15) is 12.8 Å². The molecule has 0 amide bonds. The number of rotatable bonds is 8. The van der Waals surface area contributed by atoms with Crippen LogP contribution < -0.4 is 0 Å². The molecule has 1 fully saturated rings. The Morgan fingerprint density at radius 3 is 3.04 bits per heavy atom. The van der Waals surface area contributed by atoms with Crippen LogP contribution in [0.3, 0.4) is 0 Å². The molecule has 1 aliphatic rings. The van der Waals surface area contributed by atoms with Gasteiger partial charge in [0.2, 0.25) is 10.0 Å². The van der Waals surface area contributed by atoms with Crippen molar-refractivity contribution < 1.29 is 26.8 Å². The first-order valence-corrected chi connectivity index (χ1v) is 10.1. The number of hydrogen-bond donors (Lipinski definition) is 0. The van der Waals surface area contributed by atoms with Gasteiger partial charge in [-0.25, -0.2) is 12.8 Å². The minimum Gasteiger partial charge on any atom is -0.376 e. The number of ether oxygens (including phenoxy) is 2. The molecule has 1 unspecified atom stereocenters. The molecule has 27 heavy (non-hydrogen) atoms. The maximum atomic E-state index is 13.4. The Kier molecular flexibility index (Phi) is 6.53. The molecule has 0 radical (unpaired) electrons. The standard InChI is InChI=1S/C17H22FN3O5S/c1-24-12-17-19-16(20-26-17)7-9-25-14-5-3-8-21(11-14)27(22,23)15-6-2-4-13(18)10-15/h2,4,6,10,14H,3,5,7-9,11-12H2,1H3. The van der Waals surface area contributed by atoms with Gasteiger partial charge in [-0.15, -0.1) is 0 Å². The molecule has 1 aliphatic heterocycles. The number of halogens is 1. The quantitative estimate of drug-likeness (QED) is 0.668. The second kappa shape index (κ2) is 8.87. The van der Waals surface area contributed by atoms with E-state index < -0.39 is 15.8 Å². The van der Waals surface area contributed by atoms with Gasteiger partial charge in [0.1, 0.15) is 12.4 Å². The first-order chi connectivity index (χ1) is 13.0. The van der Waals surface area contributed by atoms with Gasteiger partial charge in [-0.1, -0.05) is 11.2 Å². The predicted molar refractivity (Wildman–Crippen MR) is 92.8 cm³/mol. The van der Waals surface area contributed by atoms with E-state index in [0.29, 0.717) is 37.7 Å². The molecule has 0 spiro atoms. The normalized spacial score (nSPS) is 18.7. The van der Waals surface area contributed by atoms with Crippen LogP contribution in [-0.2, 0) is 32.5 Å². The molecule has 2 aromatic rings. The minimum absolute atomic E-state index is 0.0411. The Labute approximate surface area is 157 Å². The van der Waals surface area contributed by atoms with Gasteiger partial charge in [0, 0.05) is 26.6 Å². The topological polar surface area (TPSA) is 94.8 Å². The summed E-state index contributed by atoms with van der Waals surface area (Å²) in [5, 5.41) is 3.83. The third-order valence-corrected chi connectivity index (χ3v) is 6.09. The van der Waals surface area contributed by atoms with E-state index in [1.54, 1.807) is 7.11 Å². The summed E-state index contributed by atoms with van der Waals surface area (Å²) in [6, 6.07) is 5.05. The van der Waals surface area contributed by atoms with Crippen LogP contribution in [0.2, 0.25) is 0 Å². The summed E-state index contributed by atoms with van der Waals surface area (Å²) in [6.07, 6.45) is 1.67. The average molecular weight is 399 g/mol. The van der Waals surface area contributed by atoms with Crippen molar-refractivity contribution in [1.82, 2.24) is 14.4 Å². The molecule has 3 rings (SSSR count). The third kappa shape index (κ3) is 5.10. The lowest BCUT2D eigenvalue weighted by atomic mass is 10.1. The lowest BCUT2D eigenvalue weighted by Gasteiger charge is -2.31. The van der Waals surface area contributed by atoms with E-state index in [4.69, 9.17) is 14.0 Å². The van der Waals surface area contributed by atoms with Crippen molar-refractivity contribution in [3.63, 3.8) is 0 Å². The van der Waals surface area contributed by atoms with E-state index in [2.05, 4.69) is 10.1 Å². The number of nitrogens with zero attached hydrogens (tertiary/aromatic N) is 3. The van der Waals surface area contributed by atoms with Crippen molar-refractivity contribution in [2.75, 3.05) is 26.8 Å². The van der Waals surface area contributed by atoms with E-state index in [0.717, 1.165) is 12.5 Å². The molecule has 0 bridgehead atoms. The Morgan fingerprint density at radius 2 is 2.26 bits per heavy atom. The maximum absolute atomic E-state index is 13.4. The highest BCUT2D eigenvalue weighted by Gasteiger charge is 2.30. The molecule has 10 heteroatoms. The zero-order chi connectivity index (χ0) is 19.3. The zero-order valence-electron chi connectivity index (χ0n) is 15.0. The van der Waals surface area contributed by atoms with Gasteiger partial charge in [-0.2, -0.15) is 9.29 Å². The lowest BCUT2D eigenvalue weighted by molar-refractivity contribution is 0.0199. The van der Waals surface area contributed by atoms with E-state index in [1.807, 2.05) is 0 Å². The first-order valence-electron chi connectivity index (χ1n) is 8.67. The Morgan fingerprint density at radius 1 is 1.41 bits per heavy atom. The van der Waals surface area contributed by atoms with Crippen molar-refractivity contribution >= 4 is 10.0 Å². The summed E-state index contributed by atoms with van der Waals surface area (Å²) in [6.45, 7) is 1.23. The third-order valence-electron chi connectivity index (χ3n) is 4.23. The Hall–Kier alpha value is -1.88. The highest BCUT2D eigenvalue weighted by Crippen LogP contribution is 2.22. The second-order valence-corrected chi connectivity index (χ2v) is 8.18. The summed E-state index contributed by atoms with van der Waals surface area (Å²) in [7, 11) is -2.20. The highest BCUT2D eigenvalue weighted by molar-refractivity contribution is 7.89. The SMILES string of the molecule is COCc1nc(CCOC2CCCN(S(=O)(=O)c3cccc(F)c3)C2)no1. The van der Waals surface area contributed by atoms with E-state index in [-0.39, 0.29) is 24.2 Å². The fourth-order valence-corrected chi connectivity index (χ4v) is 4.47. The first kappa shape index (κ1) is 19.9. The molecule has 148 valence electrons. The Balaban J connectivity index is 1.54. The van der Waals surface area contributed by atoms with Gasteiger partial charge in [-0.05, 0) is 31.0 Å². The van der Waals surface area contributed by atoms with Gasteiger partial charge in [0.05, 0.1) is 17.6 Å². The molecular formula is C17H22FN3O5S. The van der Waals surface area contributed by atoms with E-state index in [1.165, 1.54) is 22.5 Å². The average Bonchev–Trinajstić information content (AvgIpc) is 3.10.